The summed E-state index contributed by atoms with van der Waals surface area (Å²) < 4.78 is 13.4. The fourth-order valence-electron chi connectivity index (χ4n) is 3.00. The highest BCUT2D eigenvalue weighted by atomic mass is 32.1. The maximum atomic E-state index is 12.9. The zero-order valence-electron chi connectivity index (χ0n) is 13.7. The first-order valence-electron chi connectivity index (χ1n) is 8.26. The molecule has 2 N–H and O–H groups in total. The lowest BCUT2D eigenvalue weighted by atomic mass is 9.96. The third kappa shape index (κ3) is 3.30. The number of aromatic nitrogens is 3. The Kier molecular flexibility index (Phi) is 4.37. The van der Waals surface area contributed by atoms with Gasteiger partial charge in [0.05, 0.1) is 6.33 Å². The number of nitrogens with one attached hydrogen (secondary N) is 2. The number of fused-ring (bicyclic) bond motifs is 1. The first-order valence-corrected chi connectivity index (χ1v) is 9.07. The Labute approximate surface area is 151 Å². The van der Waals surface area contributed by atoms with Gasteiger partial charge in [0.15, 0.2) is 10.8 Å². The minimum Gasteiger partial charge on any atom is -0.348 e. The van der Waals surface area contributed by atoms with Crippen molar-refractivity contribution in [2.45, 2.75) is 12.8 Å². The standard InChI is InChI=1S/C17H16FN5O2S/c18-11-1-3-12(4-2-11)21-15(24)10-5-7-23(8-6-10)17-22-14-13(26-17)16(25)20-9-19-14/h1-4,9-10H,5-8H2,(H,21,24)(H,19,20,25). The summed E-state index contributed by atoms with van der Waals surface area (Å²) in [6.45, 7) is 1.36. The molecule has 0 saturated carbocycles. The first-order chi connectivity index (χ1) is 12.6. The smallest absolute Gasteiger partial charge is 0.270 e. The van der Waals surface area contributed by atoms with Crippen LogP contribution in [-0.4, -0.2) is 33.9 Å². The summed E-state index contributed by atoms with van der Waals surface area (Å²) >= 11 is 1.32. The molecule has 1 aliphatic rings. The van der Waals surface area contributed by atoms with Gasteiger partial charge in [0.2, 0.25) is 5.91 Å². The van der Waals surface area contributed by atoms with E-state index in [1.165, 1.54) is 29.8 Å². The lowest BCUT2D eigenvalue weighted by Crippen LogP contribution is -2.38. The molecule has 1 aromatic carbocycles. The predicted molar refractivity (Wildman–Crippen MR) is 98.0 cm³/mol. The summed E-state index contributed by atoms with van der Waals surface area (Å²) in [5.74, 6) is -0.494. The van der Waals surface area contributed by atoms with Crippen molar-refractivity contribution in [1.82, 2.24) is 15.0 Å². The number of anilines is 2. The Hall–Kier alpha value is -2.81. The molecule has 1 aliphatic heterocycles. The second-order valence-electron chi connectivity index (χ2n) is 6.14. The molecule has 1 amide bonds. The van der Waals surface area contributed by atoms with E-state index < -0.39 is 0 Å². The fraction of sp³-hybridized carbons (Fsp3) is 0.294. The number of thiazole rings is 1. The summed E-state index contributed by atoms with van der Waals surface area (Å²) in [5.41, 5.74) is 0.854. The molecule has 0 unspecified atom stereocenters. The Bertz CT molecular complexity index is 992. The number of nitrogens with zero attached hydrogens (tertiary/aromatic N) is 3. The molecule has 4 rings (SSSR count). The molecule has 7 nitrogen and oxygen atoms in total. The van der Waals surface area contributed by atoms with E-state index in [0.717, 1.165) is 5.13 Å². The number of rotatable bonds is 3. The molecular formula is C17H16FN5O2S. The van der Waals surface area contributed by atoms with Gasteiger partial charge in [0.25, 0.3) is 5.56 Å². The molecule has 9 heteroatoms. The summed E-state index contributed by atoms with van der Waals surface area (Å²) in [6.07, 6.45) is 2.72. The van der Waals surface area contributed by atoms with Gasteiger partial charge in [-0.3, -0.25) is 9.59 Å². The van der Waals surface area contributed by atoms with E-state index >= 15 is 0 Å². The minimum atomic E-state index is -0.333. The summed E-state index contributed by atoms with van der Waals surface area (Å²) in [6, 6.07) is 5.74. The second kappa shape index (κ2) is 6.83. The number of hydrogen-bond acceptors (Lipinski definition) is 6. The molecular weight excluding hydrogens is 357 g/mol. The van der Waals surface area contributed by atoms with Crippen LogP contribution < -0.4 is 15.8 Å². The first kappa shape index (κ1) is 16.6. The number of H-pyrrole nitrogens is 1. The van der Waals surface area contributed by atoms with Crippen molar-refractivity contribution in [1.29, 1.82) is 0 Å². The second-order valence-corrected chi connectivity index (χ2v) is 7.12. The molecule has 2 aromatic heterocycles. The summed E-state index contributed by atoms with van der Waals surface area (Å²) in [4.78, 5) is 37.3. The van der Waals surface area contributed by atoms with Crippen LogP contribution in [0.1, 0.15) is 12.8 Å². The van der Waals surface area contributed by atoms with Crippen LogP contribution in [0.3, 0.4) is 0 Å². The van der Waals surface area contributed by atoms with Gasteiger partial charge in [-0.25, -0.2) is 9.37 Å². The molecule has 3 aromatic rings. The van der Waals surface area contributed by atoms with E-state index in [-0.39, 0.29) is 23.2 Å². The summed E-state index contributed by atoms with van der Waals surface area (Å²) in [5, 5.41) is 3.58. The normalized spacial score (nSPS) is 15.3. The number of piperidine rings is 1. The van der Waals surface area contributed by atoms with Crippen LogP contribution in [0.4, 0.5) is 15.2 Å². The Morgan fingerprint density at radius 2 is 2.00 bits per heavy atom. The number of amides is 1. The third-order valence-corrected chi connectivity index (χ3v) is 5.54. The van der Waals surface area contributed by atoms with Crippen molar-refractivity contribution in [3.8, 4) is 0 Å². The van der Waals surface area contributed by atoms with Gasteiger partial charge in [0.1, 0.15) is 10.5 Å². The van der Waals surface area contributed by atoms with Crippen molar-refractivity contribution in [3.63, 3.8) is 0 Å². The van der Waals surface area contributed by atoms with Gasteiger partial charge >= 0.3 is 0 Å². The van der Waals surface area contributed by atoms with Crippen LogP contribution in [0.15, 0.2) is 35.4 Å². The van der Waals surface area contributed by atoms with Crippen LogP contribution in [0.25, 0.3) is 10.3 Å². The number of halogens is 1. The van der Waals surface area contributed by atoms with E-state index in [4.69, 9.17) is 0 Å². The fourth-order valence-corrected chi connectivity index (χ4v) is 3.97. The van der Waals surface area contributed by atoms with Gasteiger partial charge < -0.3 is 15.2 Å². The topological polar surface area (TPSA) is 91.0 Å². The molecule has 26 heavy (non-hydrogen) atoms. The van der Waals surface area contributed by atoms with Crippen LogP contribution in [-0.2, 0) is 4.79 Å². The quantitative estimate of drug-likeness (QED) is 0.736. The zero-order chi connectivity index (χ0) is 18.1. The van der Waals surface area contributed by atoms with Gasteiger partial charge in [-0.2, -0.15) is 4.98 Å². The molecule has 0 bridgehead atoms. The van der Waals surface area contributed by atoms with E-state index in [1.54, 1.807) is 12.1 Å². The average molecular weight is 373 g/mol. The largest absolute Gasteiger partial charge is 0.348 e. The number of carbonyl (C=O) groups is 1. The lowest BCUT2D eigenvalue weighted by molar-refractivity contribution is -0.120. The number of hydrogen-bond donors (Lipinski definition) is 2. The molecule has 0 aliphatic carbocycles. The van der Waals surface area contributed by atoms with Crippen molar-refractivity contribution < 1.29 is 9.18 Å². The number of benzene rings is 1. The molecule has 1 fully saturated rings. The van der Waals surface area contributed by atoms with Crippen LogP contribution >= 0.6 is 11.3 Å². The van der Waals surface area contributed by atoms with Crippen molar-refractivity contribution in [3.05, 3.63) is 46.8 Å². The Balaban J connectivity index is 1.40. The van der Waals surface area contributed by atoms with Crippen molar-refractivity contribution >= 4 is 38.4 Å². The monoisotopic (exact) mass is 373 g/mol. The van der Waals surface area contributed by atoms with Gasteiger partial charge in [-0.1, -0.05) is 11.3 Å². The summed E-state index contributed by atoms with van der Waals surface area (Å²) in [7, 11) is 0. The third-order valence-electron chi connectivity index (χ3n) is 4.43. The van der Waals surface area contributed by atoms with Gasteiger partial charge in [-0.05, 0) is 37.1 Å². The predicted octanol–water partition coefficient (Wildman–Crippen LogP) is 2.37. The highest BCUT2D eigenvalue weighted by Crippen LogP contribution is 2.29. The Morgan fingerprint density at radius 3 is 2.69 bits per heavy atom. The lowest BCUT2D eigenvalue weighted by Gasteiger charge is -2.30. The van der Waals surface area contributed by atoms with Crippen molar-refractivity contribution in [2.24, 2.45) is 5.92 Å². The van der Waals surface area contributed by atoms with E-state index in [0.29, 0.717) is 42.0 Å². The average Bonchev–Trinajstić information content (AvgIpc) is 3.09. The maximum absolute atomic E-state index is 12.9. The zero-order valence-corrected chi connectivity index (χ0v) is 14.6. The van der Waals surface area contributed by atoms with Crippen LogP contribution in [0, 0.1) is 11.7 Å². The Morgan fingerprint density at radius 1 is 1.27 bits per heavy atom. The van der Waals surface area contributed by atoms with Crippen LogP contribution in [0.5, 0.6) is 0 Å². The van der Waals surface area contributed by atoms with Gasteiger partial charge in [0, 0.05) is 24.7 Å². The molecule has 0 atom stereocenters. The molecule has 134 valence electrons. The number of aromatic amines is 1. The van der Waals surface area contributed by atoms with E-state index in [9.17, 15) is 14.0 Å². The van der Waals surface area contributed by atoms with E-state index in [1.807, 2.05) is 0 Å². The molecule has 0 radical (unpaired) electrons. The SMILES string of the molecule is O=C(Nc1ccc(F)cc1)C1CCN(c2nc3nc[nH]c(=O)c3s2)CC1. The van der Waals surface area contributed by atoms with Crippen LogP contribution in [0.2, 0.25) is 0 Å². The highest BCUT2D eigenvalue weighted by molar-refractivity contribution is 7.22. The molecule has 1 saturated heterocycles. The molecule has 3 heterocycles. The van der Waals surface area contributed by atoms with Crippen molar-refractivity contribution in [2.75, 3.05) is 23.3 Å². The minimum absolute atomic E-state index is 0.0568. The molecule has 0 spiro atoms. The van der Waals surface area contributed by atoms with Gasteiger partial charge in [-0.15, -0.1) is 0 Å². The number of carbonyl (C=O) groups excluding carboxylic acids is 1. The maximum Gasteiger partial charge on any atom is 0.270 e. The van der Waals surface area contributed by atoms with E-state index in [2.05, 4.69) is 25.2 Å². The highest BCUT2D eigenvalue weighted by Gasteiger charge is 2.27.